The van der Waals surface area contributed by atoms with E-state index in [1.54, 1.807) is 25.4 Å². The minimum atomic E-state index is -0.578. The van der Waals surface area contributed by atoms with E-state index >= 15 is 0 Å². The Hall–Kier alpha value is -3.08. The van der Waals surface area contributed by atoms with Gasteiger partial charge in [0.05, 0.1) is 6.10 Å². The molecule has 27 heavy (non-hydrogen) atoms. The van der Waals surface area contributed by atoms with Gasteiger partial charge >= 0.3 is 6.09 Å². The molecule has 0 radical (unpaired) electrons. The molecule has 0 heterocycles. The van der Waals surface area contributed by atoms with Crippen LogP contribution in [0.3, 0.4) is 0 Å². The van der Waals surface area contributed by atoms with Crippen LogP contribution >= 0.6 is 0 Å². The van der Waals surface area contributed by atoms with Crippen molar-refractivity contribution in [2.45, 2.75) is 26.4 Å². The molecule has 0 bridgehead atoms. The SMILES string of the molecule is CC(C)OCN(C)OC(=O)Nc1ccc(Cc2ccc(OC#N)cc2)cc1. The van der Waals surface area contributed by atoms with Crippen molar-refractivity contribution in [2.24, 2.45) is 0 Å². The molecule has 0 aliphatic rings. The summed E-state index contributed by atoms with van der Waals surface area (Å²) in [4.78, 5) is 16.9. The lowest BCUT2D eigenvalue weighted by atomic mass is 10.0. The second-order valence-electron chi connectivity index (χ2n) is 6.19. The number of carbonyl (C=O) groups excluding carboxylic acids is 1. The van der Waals surface area contributed by atoms with Gasteiger partial charge in [-0.3, -0.25) is 5.32 Å². The highest BCUT2D eigenvalue weighted by Gasteiger charge is 2.09. The van der Waals surface area contributed by atoms with Crippen LogP contribution in [0.25, 0.3) is 0 Å². The molecule has 0 aliphatic heterocycles. The molecule has 0 aliphatic carbocycles. The topological polar surface area (TPSA) is 83.8 Å². The summed E-state index contributed by atoms with van der Waals surface area (Å²) in [6.45, 7) is 4.01. The number of nitrogens with one attached hydrogen (secondary N) is 1. The maximum atomic E-state index is 11.9. The lowest BCUT2D eigenvalue weighted by Gasteiger charge is -2.18. The zero-order chi connectivity index (χ0) is 19.6. The first-order chi connectivity index (χ1) is 13.0. The maximum Gasteiger partial charge on any atom is 0.430 e. The van der Waals surface area contributed by atoms with E-state index in [4.69, 9.17) is 19.6 Å². The van der Waals surface area contributed by atoms with Crippen molar-refractivity contribution in [1.29, 1.82) is 5.26 Å². The molecule has 2 aromatic carbocycles. The number of carbonyl (C=O) groups is 1. The summed E-state index contributed by atoms with van der Waals surface area (Å²) >= 11 is 0. The van der Waals surface area contributed by atoms with Crippen molar-refractivity contribution in [3.63, 3.8) is 0 Å². The molecular formula is C20H23N3O4. The summed E-state index contributed by atoms with van der Waals surface area (Å²) < 4.78 is 10.1. The molecular weight excluding hydrogens is 346 g/mol. The molecule has 142 valence electrons. The molecule has 0 atom stereocenters. The van der Waals surface area contributed by atoms with Crippen LogP contribution in [0.2, 0.25) is 0 Å². The average molecular weight is 369 g/mol. The third-order valence-corrected chi connectivity index (χ3v) is 3.52. The smallest absolute Gasteiger partial charge is 0.388 e. The van der Waals surface area contributed by atoms with E-state index in [2.05, 4.69) is 5.32 Å². The van der Waals surface area contributed by atoms with Gasteiger partial charge in [-0.25, -0.2) is 4.79 Å². The summed E-state index contributed by atoms with van der Waals surface area (Å²) in [7, 11) is 1.62. The van der Waals surface area contributed by atoms with Crippen LogP contribution < -0.4 is 10.1 Å². The largest absolute Gasteiger partial charge is 0.430 e. The second kappa shape index (κ2) is 10.2. The van der Waals surface area contributed by atoms with Crippen molar-refractivity contribution in [3.8, 4) is 12.0 Å². The third kappa shape index (κ3) is 7.36. The van der Waals surface area contributed by atoms with E-state index in [1.165, 1.54) is 5.06 Å². The lowest BCUT2D eigenvalue weighted by molar-refractivity contribution is -0.151. The summed E-state index contributed by atoms with van der Waals surface area (Å²) in [6.07, 6.45) is 1.85. The molecule has 0 aromatic heterocycles. The van der Waals surface area contributed by atoms with Crippen LogP contribution in [0, 0.1) is 11.5 Å². The fraction of sp³-hybridized carbons (Fsp3) is 0.300. The quantitative estimate of drug-likeness (QED) is 0.431. The minimum Gasteiger partial charge on any atom is -0.388 e. The van der Waals surface area contributed by atoms with Gasteiger partial charge in [0, 0.05) is 12.7 Å². The molecule has 0 saturated carbocycles. The van der Waals surface area contributed by atoms with Gasteiger partial charge in [0.1, 0.15) is 12.5 Å². The van der Waals surface area contributed by atoms with Crippen molar-refractivity contribution < 1.29 is 19.1 Å². The van der Waals surface area contributed by atoms with E-state index in [0.29, 0.717) is 11.4 Å². The van der Waals surface area contributed by atoms with Crippen molar-refractivity contribution in [3.05, 3.63) is 59.7 Å². The van der Waals surface area contributed by atoms with E-state index in [9.17, 15) is 4.79 Å². The van der Waals surface area contributed by atoms with Crippen LogP contribution in [0.1, 0.15) is 25.0 Å². The molecule has 2 aromatic rings. The number of nitrogens with zero attached hydrogens (tertiary/aromatic N) is 2. The van der Waals surface area contributed by atoms with Gasteiger partial charge in [-0.1, -0.05) is 24.3 Å². The number of ether oxygens (including phenoxy) is 2. The Morgan fingerprint density at radius 2 is 1.70 bits per heavy atom. The van der Waals surface area contributed by atoms with Crippen molar-refractivity contribution in [1.82, 2.24) is 5.06 Å². The van der Waals surface area contributed by atoms with E-state index in [1.807, 2.05) is 50.2 Å². The highest BCUT2D eigenvalue weighted by atomic mass is 16.7. The maximum absolute atomic E-state index is 11.9. The van der Waals surface area contributed by atoms with Gasteiger partial charge < -0.3 is 14.3 Å². The number of benzene rings is 2. The van der Waals surface area contributed by atoms with Gasteiger partial charge in [0.2, 0.25) is 0 Å². The number of hydrogen-bond acceptors (Lipinski definition) is 6. The molecule has 1 N–H and O–H groups in total. The highest BCUT2D eigenvalue weighted by Crippen LogP contribution is 2.17. The number of anilines is 1. The first-order valence-electron chi connectivity index (χ1n) is 8.52. The Balaban J connectivity index is 1.84. The Morgan fingerprint density at radius 1 is 1.11 bits per heavy atom. The Morgan fingerprint density at radius 3 is 2.26 bits per heavy atom. The standard InChI is InChI=1S/C20H23N3O4/c1-15(2)26-14-23(3)27-20(24)22-18-8-4-16(5-9-18)12-17-6-10-19(11-7-17)25-13-21/h4-11,15H,12,14H2,1-3H3,(H,22,24). The van der Waals surface area contributed by atoms with Gasteiger partial charge in [-0.05, 0) is 55.7 Å². The Bertz CT molecular complexity index is 767. The minimum absolute atomic E-state index is 0.0572. The predicted octanol–water partition coefficient (Wildman–Crippen LogP) is 3.92. The zero-order valence-corrected chi connectivity index (χ0v) is 15.6. The Labute approximate surface area is 159 Å². The molecule has 0 saturated heterocycles. The van der Waals surface area contributed by atoms with Crippen LogP contribution in [0.5, 0.6) is 5.75 Å². The van der Waals surface area contributed by atoms with Gasteiger partial charge in [0.25, 0.3) is 6.26 Å². The zero-order valence-electron chi connectivity index (χ0n) is 15.6. The normalized spacial score (nSPS) is 10.5. The Kier molecular flexibility index (Phi) is 7.62. The van der Waals surface area contributed by atoms with Crippen LogP contribution in [-0.4, -0.2) is 31.0 Å². The molecule has 0 spiro atoms. The summed E-state index contributed by atoms with van der Waals surface area (Å²) in [5.41, 5.74) is 2.82. The fourth-order valence-corrected chi connectivity index (χ4v) is 2.23. The van der Waals surface area contributed by atoms with Crippen LogP contribution in [0.15, 0.2) is 48.5 Å². The first kappa shape index (κ1) is 20.2. The number of hydroxylamine groups is 2. The van der Waals surface area contributed by atoms with E-state index in [-0.39, 0.29) is 12.8 Å². The number of nitriles is 1. The van der Waals surface area contributed by atoms with Gasteiger partial charge in [-0.2, -0.15) is 0 Å². The van der Waals surface area contributed by atoms with Crippen LogP contribution in [0.4, 0.5) is 10.5 Å². The molecule has 7 heteroatoms. The monoisotopic (exact) mass is 369 g/mol. The molecule has 0 unspecified atom stereocenters. The van der Waals surface area contributed by atoms with Crippen LogP contribution in [-0.2, 0) is 16.0 Å². The summed E-state index contributed by atoms with van der Waals surface area (Å²) in [5.74, 6) is 0.517. The molecule has 2 rings (SSSR count). The van der Waals surface area contributed by atoms with Gasteiger partial charge in [0.15, 0.2) is 0 Å². The lowest BCUT2D eigenvalue weighted by Crippen LogP contribution is -2.29. The van der Waals surface area contributed by atoms with Crippen molar-refractivity contribution >= 4 is 11.8 Å². The summed E-state index contributed by atoms with van der Waals surface area (Å²) in [6, 6.07) is 14.8. The number of amides is 1. The van der Waals surface area contributed by atoms with E-state index < -0.39 is 6.09 Å². The predicted molar refractivity (Wildman–Crippen MR) is 101 cm³/mol. The van der Waals surface area contributed by atoms with Gasteiger partial charge in [-0.15, -0.1) is 10.3 Å². The molecule has 1 amide bonds. The highest BCUT2D eigenvalue weighted by molar-refractivity contribution is 5.84. The molecule has 7 nitrogen and oxygen atoms in total. The average Bonchev–Trinajstić information content (AvgIpc) is 2.63. The molecule has 0 fully saturated rings. The third-order valence-electron chi connectivity index (χ3n) is 3.52. The number of rotatable bonds is 8. The van der Waals surface area contributed by atoms with Crippen molar-refractivity contribution in [2.75, 3.05) is 19.1 Å². The first-order valence-corrected chi connectivity index (χ1v) is 8.52. The van der Waals surface area contributed by atoms with E-state index in [0.717, 1.165) is 17.5 Å². The fourth-order valence-electron chi connectivity index (χ4n) is 2.23. The second-order valence-corrected chi connectivity index (χ2v) is 6.19. The summed E-state index contributed by atoms with van der Waals surface area (Å²) in [5, 5.41) is 12.5. The number of hydrogen-bond donors (Lipinski definition) is 1.